The number of rotatable bonds is 4. The number of aliphatic carboxylic acids is 1. The zero-order valence-corrected chi connectivity index (χ0v) is 8.00. The van der Waals surface area contributed by atoms with Gasteiger partial charge in [0.15, 0.2) is 0 Å². The Balaban J connectivity index is 2.81. The van der Waals surface area contributed by atoms with Crippen LogP contribution >= 0.6 is 11.3 Å². The van der Waals surface area contributed by atoms with Gasteiger partial charge in [0.1, 0.15) is 5.78 Å². The molecule has 0 fully saturated rings. The van der Waals surface area contributed by atoms with E-state index in [4.69, 9.17) is 5.11 Å². The van der Waals surface area contributed by atoms with Crippen molar-refractivity contribution in [1.29, 1.82) is 0 Å². The van der Waals surface area contributed by atoms with Gasteiger partial charge < -0.3 is 5.11 Å². The maximum atomic E-state index is 11.1. The fraction of sp³-hybridized carbons (Fsp3) is 0.333. The number of thiophene rings is 1. The van der Waals surface area contributed by atoms with Crippen molar-refractivity contribution in [2.75, 3.05) is 0 Å². The second kappa shape index (κ2) is 4.18. The molecule has 0 amide bonds. The summed E-state index contributed by atoms with van der Waals surface area (Å²) in [5, 5.41) is 10.4. The van der Waals surface area contributed by atoms with Crippen LogP contribution in [0, 0.1) is 0 Å². The summed E-state index contributed by atoms with van der Waals surface area (Å²) in [5.74, 6) is -1.50. The Labute approximate surface area is 80.0 Å². The topological polar surface area (TPSA) is 54.4 Å². The molecule has 0 spiro atoms. The first-order valence-corrected chi connectivity index (χ1v) is 4.75. The summed E-state index contributed by atoms with van der Waals surface area (Å²) >= 11 is 1.42. The Bertz CT molecular complexity index is 303. The van der Waals surface area contributed by atoms with Crippen molar-refractivity contribution in [3.05, 3.63) is 22.4 Å². The molecule has 1 aromatic rings. The number of ketones is 1. The standard InChI is InChI=1S/C9H10O3S/c1-6(10)7(5-9(11)12)8-3-2-4-13-8/h2-4,7H,5H2,1H3,(H,11,12). The minimum Gasteiger partial charge on any atom is -0.481 e. The highest BCUT2D eigenvalue weighted by Crippen LogP contribution is 2.25. The molecule has 0 aromatic carbocycles. The van der Waals surface area contributed by atoms with Crippen molar-refractivity contribution >= 4 is 23.1 Å². The van der Waals surface area contributed by atoms with E-state index in [0.717, 1.165) is 4.88 Å². The fourth-order valence-electron chi connectivity index (χ4n) is 1.11. The summed E-state index contributed by atoms with van der Waals surface area (Å²) in [6, 6.07) is 3.61. The van der Waals surface area contributed by atoms with Crippen LogP contribution in [0.1, 0.15) is 24.1 Å². The van der Waals surface area contributed by atoms with Crippen molar-refractivity contribution in [3.63, 3.8) is 0 Å². The SMILES string of the molecule is CC(=O)C(CC(=O)O)c1cccs1. The van der Waals surface area contributed by atoms with Crippen LogP contribution in [0.5, 0.6) is 0 Å². The predicted octanol–water partition coefficient (Wildman–Crippen LogP) is 1.90. The van der Waals surface area contributed by atoms with Gasteiger partial charge >= 0.3 is 5.97 Å². The van der Waals surface area contributed by atoms with E-state index in [0.29, 0.717) is 0 Å². The molecule has 4 heteroatoms. The number of hydrogen-bond donors (Lipinski definition) is 1. The van der Waals surface area contributed by atoms with Gasteiger partial charge in [0, 0.05) is 4.88 Å². The average Bonchev–Trinajstić information content (AvgIpc) is 2.50. The Morgan fingerprint density at radius 1 is 1.62 bits per heavy atom. The molecule has 0 saturated heterocycles. The summed E-state index contributed by atoms with van der Waals surface area (Å²) in [6.07, 6.45) is -0.115. The third-order valence-corrected chi connectivity index (χ3v) is 2.74. The van der Waals surface area contributed by atoms with E-state index in [2.05, 4.69) is 0 Å². The van der Waals surface area contributed by atoms with Crippen molar-refractivity contribution < 1.29 is 14.7 Å². The Morgan fingerprint density at radius 2 is 2.31 bits per heavy atom. The van der Waals surface area contributed by atoms with E-state index >= 15 is 0 Å². The minimum absolute atomic E-state index is 0.0927. The highest BCUT2D eigenvalue weighted by atomic mass is 32.1. The van der Waals surface area contributed by atoms with Crippen LogP contribution < -0.4 is 0 Å². The number of carbonyl (C=O) groups is 2. The molecule has 0 aliphatic carbocycles. The van der Waals surface area contributed by atoms with Gasteiger partial charge in [-0.2, -0.15) is 0 Å². The summed E-state index contributed by atoms with van der Waals surface area (Å²) in [4.78, 5) is 22.4. The van der Waals surface area contributed by atoms with Gasteiger partial charge in [0.05, 0.1) is 12.3 Å². The number of carbonyl (C=O) groups excluding carboxylic acids is 1. The molecule has 3 nitrogen and oxygen atoms in total. The molecule has 13 heavy (non-hydrogen) atoms. The van der Waals surface area contributed by atoms with Crippen LogP contribution in [0.3, 0.4) is 0 Å². The normalized spacial score (nSPS) is 12.4. The molecule has 1 atom stereocenters. The lowest BCUT2D eigenvalue weighted by atomic mass is 10.00. The van der Waals surface area contributed by atoms with Crippen LogP contribution in [-0.2, 0) is 9.59 Å². The molecule has 1 heterocycles. The van der Waals surface area contributed by atoms with Gasteiger partial charge in [-0.3, -0.25) is 9.59 Å². The maximum Gasteiger partial charge on any atom is 0.304 e. The molecule has 0 bridgehead atoms. The Hall–Kier alpha value is -1.16. The highest BCUT2D eigenvalue weighted by Gasteiger charge is 2.20. The molecule has 0 aliphatic heterocycles. The second-order valence-electron chi connectivity index (χ2n) is 2.78. The molecule has 1 unspecified atom stereocenters. The van der Waals surface area contributed by atoms with Gasteiger partial charge in [-0.15, -0.1) is 11.3 Å². The van der Waals surface area contributed by atoms with Crippen LogP contribution in [0.4, 0.5) is 0 Å². The predicted molar refractivity (Wildman–Crippen MR) is 50.0 cm³/mol. The molecule has 0 radical (unpaired) electrons. The summed E-state index contributed by atoms with van der Waals surface area (Å²) < 4.78 is 0. The number of hydrogen-bond acceptors (Lipinski definition) is 3. The number of carboxylic acid groups (broad SMARTS) is 1. The Kier molecular flexibility index (Phi) is 3.19. The molecule has 1 rings (SSSR count). The van der Waals surface area contributed by atoms with Crippen LogP contribution in [0.25, 0.3) is 0 Å². The van der Waals surface area contributed by atoms with E-state index in [1.54, 1.807) is 6.07 Å². The molecule has 1 N–H and O–H groups in total. The van der Waals surface area contributed by atoms with E-state index < -0.39 is 11.9 Å². The quantitative estimate of drug-likeness (QED) is 0.803. The number of Topliss-reactive ketones (excluding diaryl/α,β-unsaturated/α-hetero) is 1. The fourth-order valence-corrected chi connectivity index (χ4v) is 1.99. The van der Waals surface area contributed by atoms with Crippen molar-refractivity contribution in [3.8, 4) is 0 Å². The van der Waals surface area contributed by atoms with E-state index in [9.17, 15) is 9.59 Å². The zero-order chi connectivity index (χ0) is 9.84. The van der Waals surface area contributed by atoms with Gasteiger partial charge in [0.25, 0.3) is 0 Å². The van der Waals surface area contributed by atoms with Gasteiger partial charge in [-0.25, -0.2) is 0 Å². The minimum atomic E-state index is -0.936. The third-order valence-electron chi connectivity index (χ3n) is 1.76. The first-order valence-electron chi connectivity index (χ1n) is 3.87. The van der Waals surface area contributed by atoms with E-state index in [1.165, 1.54) is 18.3 Å². The smallest absolute Gasteiger partial charge is 0.304 e. The van der Waals surface area contributed by atoms with Crippen molar-refractivity contribution in [2.45, 2.75) is 19.3 Å². The van der Waals surface area contributed by atoms with Gasteiger partial charge in [-0.05, 0) is 18.4 Å². The summed E-state index contributed by atoms with van der Waals surface area (Å²) in [6.45, 7) is 1.42. The van der Waals surface area contributed by atoms with Crippen LogP contribution in [0.15, 0.2) is 17.5 Å². The molecule has 0 aliphatic rings. The largest absolute Gasteiger partial charge is 0.481 e. The maximum absolute atomic E-state index is 11.1. The van der Waals surface area contributed by atoms with E-state index in [1.807, 2.05) is 11.4 Å². The van der Waals surface area contributed by atoms with Crippen molar-refractivity contribution in [1.82, 2.24) is 0 Å². The summed E-state index contributed by atoms with van der Waals surface area (Å²) in [5.41, 5.74) is 0. The monoisotopic (exact) mass is 198 g/mol. The van der Waals surface area contributed by atoms with Gasteiger partial charge in [-0.1, -0.05) is 6.07 Å². The third kappa shape index (κ3) is 2.66. The number of carboxylic acids is 1. The lowest BCUT2D eigenvalue weighted by molar-refractivity contribution is -0.139. The first-order chi connectivity index (χ1) is 6.11. The zero-order valence-electron chi connectivity index (χ0n) is 7.19. The average molecular weight is 198 g/mol. The second-order valence-corrected chi connectivity index (χ2v) is 3.76. The van der Waals surface area contributed by atoms with Gasteiger partial charge in [0.2, 0.25) is 0 Å². The summed E-state index contributed by atoms with van der Waals surface area (Å²) in [7, 11) is 0. The molecule has 1 aromatic heterocycles. The molecule has 0 saturated carbocycles. The molecular weight excluding hydrogens is 188 g/mol. The molecular formula is C9H10O3S. The molecule has 70 valence electrons. The lowest BCUT2D eigenvalue weighted by Gasteiger charge is -2.07. The van der Waals surface area contributed by atoms with Crippen molar-refractivity contribution in [2.24, 2.45) is 0 Å². The van der Waals surface area contributed by atoms with Crippen LogP contribution in [-0.4, -0.2) is 16.9 Å². The lowest BCUT2D eigenvalue weighted by Crippen LogP contribution is -2.12. The Morgan fingerprint density at radius 3 is 2.69 bits per heavy atom. The van der Waals surface area contributed by atoms with E-state index in [-0.39, 0.29) is 12.2 Å². The highest BCUT2D eigenvalue weighted by molar-refractivity contribution is 7.10. The van der Waals surface area contributed by atoms with Crippen LogP contribution in [0.2, 0.25) is 0 Å². The first kappa shape index (κ1) is 9.92.